The molecular formula is C18H25N3O2S. The van der Waals surface area contributed by atoms with Gasteiger partial charge in [-0.15, -0.1) is 11.3 Å². The van der Waals surface area contributed by atoms with E-state index in [0.29, 0.717) is 26.2 Å². The van der Waals surface area contributed by atoms with Crippen molar-refractivity contribution in [3.63, 3.8) is 0 Å². The van der Waals surface area contributed by atoms with Gasteiger partial charge in [0.05, 0.1) is 23.9 Å². The first-order valence-corrected chi connectivity index (χ1v) is 8.85. The number of hydrogen-bond acceptors (Lipinski definition) is 5. The van der Waals surface area contributed by atoms with E-state index in [9.17, 15) is 4.79 Å². The summed E-state index contributed by atoms with van der Waals surface area (Å²) < 4.78 is 5.15. The monoisotopic (exact) mass is 347 g/mol. The first kappa shape index (κ1) is 18.6. The van der Waals surface area contributed by atoms with Crippen LogP contribution in [0.2, 0.25) is 0 Å². The van der Waals surface area contributed by atoms with E-state index in [1.807, 2.05) is 18.2 Å². The Labute approximate surface area is 147 Å². The van der Waals surface area contributed by atoms with Crippen LogP contribution in [0.3, 0.4) is 0 Å². The van der Waals surface area contributed by atoms with Gasteiger partial charge in [-0.3, -0.25) is 9.69 Å². The van der Waals surface area contributed by atoms with Gasteiger partial charge in [0, 0.05) is 46.1 Å². The first-order chi connectivity index (χ1) is 11.6. The molecule has 0 aliphatic heterocycles. The molecular weight excluding hydrogens is 322 g/mol. The third-order valence-corrected chi connectivity index (χ3v) is 4.55. The molecule has 0 N–H and O–H groups in total. The van der Waals surface area contributed by atoms with Crippen LogP contribution in [0, 0.1) is 0 Å². The Bertz CT molecular complexity index is 628. The second-order valence-electron chi connectivity index (χ2n) is 5.89. The van der Waals surface area contributed by atoms with Gasteiger partial charge in [0.1, 0.15) is 0 Å². The van der Waals surface area contributed by atoms with Crippen LogP contribution in [0.5, 0.6) is 0 Å². The van der Waals surface area contributed by atoms with E-state index in [2.05, 4.69) is 22.4 Å². The third kappa shape index (κ3) is 6.03. The van der Waals surface area contributed by atoms with Crippen molar-refractivity contribution in [3.05, 3.63) is 52.0 Å². The van der Waals surface area contributed by atoms with Crippen LogP contribution in [0.1, 0.15) is 16.3 Å². The molecule has 1 heterocycles. The summed E-state index contributed by atoms with van der Waals surface area (Å²) in [6, 6.07) is 10.3. The van der Waals surface area contributed by atoms with Gasteiger partial charge in [0.2, 0.25) is 5.91 Å². The van der Waals surface area contributed by atoms with Crippen LogP contribution < -0.4 is 0 Å². The van der Waals surface area contributed by atoms with Gasteiger partial charge in [0.15, 0.2) is 0 Å². The lowest BCUT2D eigenvalue weighted by Crippen LogP contribution is -2.38. The maximum Gasteiger partial charge on any atom is 0.236 e. The lowest BCUT2D eigenvalue weighted by Gasteiger charge is -2.22. The zero-order valence-electron chi connectivity index (χ0n) is 14.6. The van der Waals surface area contributed by atoms with E-state index in [0.717, 1.165) is 17.1 Å². The Morgan fingerprint density at radius 3 is 2.67 bits per heavy atom. The van der Waals surface area contributed by atoms with E-state index in [-0.39, 0.29) is 5.91 Å². The molecule has 6 heteroatoms. The number of likely N-dealkylation sites (N-methyl/N-ethyl adjacent to an activating group) is 1. The molecule has 0 unspecified atom stereocenters. The molecule has 5 nitrogen and oxygen atoms in total. The normalized spacial score (nSPS) is 11.0. The van der Waals surface area contributed by atoms with Crippen molar-refractivity contribution >= 4 is 17.2 Å². The number of carbonyl (C=O) groups excluding carboxylic acids is 1. The summed E-state index contributed by atoms with van der Waals surface area (Å²) in [6.07, 6.45) is 0.847. The largest absolute Gasteiger partial charge is 0.383 e. The quantitative estimate of drug-likeness (QED) is 0.698. The Morgan fingerprint density at radius 1 is 1.25 bits per heavy atom. The minimum absolute atomic E-state index is 0.0887. The molecule has 2 rings (SSSR count). The predicted octanol–water partition coefficient (Wildman–Crippen LogP) is 2.27. The zero-order chi connectivity index (χ0) is 17.4. The molecule has 130 valence electrons. The summed E-state index contributed by atoms with van der Waals surface area (Å²) in [5.74, 6) is 0.0887. The van der Waals surface area contributed by atoms with Gasteiger partial charge in [-0.1, -0.05) is 30.3 Å². The Kier molecular flexibility index (Phi) is 7.36. The van der Waals surface area contributed by atoms with Crippen molar-refractivity contribution in [1.82, 2.24) is 14.8 Å². The molecule has 1 aromatic heterocycles. The maximum absolute atomic E-state index is 12.0. The number of benzene rings is 1. The van der Waals surface area contributed by atoms with Gasteiger partial charge >= 0.3 is 0 Å². The van der Waals surface area contributed by atoms with Crippen LogP contribution in [-0.4, -0.2) is 61.6 Å². The number of hydrogen-bond donors (Lipinski definition) is 0. The van der Waals surface area contributed by atoms with Gasteiger partial charge in [0.25, 0.3) is 0 Å². The second kappa shape index (κ2) is 9.52. The summed E-state index contributed by atoms with van der Waals surface area (Å²) in [5, 5.41) is 3.18. The van der Waals surface area contributed by atoms with Crippen molar-refractivity contribution in [1.29, 1.82) is 0 Å². The molecule has 0 atom stereocenters. The van der Waals surface area contributed by atoms with E-state index < -0.39 is 0 Å². The topological polar surface area (TPSA) is 45.7 Å². The lowest BCUT2D eigenvalue weighted by atomic mass is 10.2. The molecule has 24 heavy (non-hydrogen) atoms. The molecule has 0 aliphatic carbocycles. The van der Waals surface area contributed by atoms with Crippen molar-refractivity contribution in [3.8, 4) is 0 Å². The van der Waals surface area contributed by atoms with E-state index >= 15 is 0 Å². The molecule has 0 radical (unpaired) electrons. The Hall–Kier alpha value is -1.76. The standard InChI is InChI=1S/C18H25N3O2S/c1-20(2)18(22)13-21(9-10-23-3)12-16-14-24-17(19-16)11-15-7-5-4-6-8-15/h4-8,14H,9-13H2,1-3H3. The molecule has 0 bridgehead atoms. The van der Waals surface area contributed by atoms with E-state index in [1.54, 1.807) is 37.4 Å². The maximum atomic E-state index is 12.0. The van der Waals surface area contributed by atoms with Crippen molar-refractivity contribution < 1.29 is 9.53 Å². The molecule has 0 aliphatic rings. The molecule has 0 spiro atoms. The van der Waals surface area contributed by atoms with Gasteiger partial charge in [-0.2, -0.15) is 0 Å². The second-order valence-corrected chi connectivity index (χ2v) is 6.83. The van der Waals surface area contributed by atoms with Crippen molar-refractivity contribution in [2.75, 3.05) is 40.9 Å². The number of thiazole rings is 1. The van der Waals surface area contributed by atoms with Crippen LogP contribution in [-0.2, 0) is 22.5 Å². The van der Waals surface area contributed by atoms with Crippen LogP contribution in [0.15, 0.2) is 35.7 Å². The summed E-state index contributed by atoms with van der Waals surface area (Å²) in [6.45, 7) is 2.35. The molecule has 1 aromatic carbocycles. The predicted molar refractivity (Wildman–Crippen MR) is 97.2 cm³/mol. The van der Waals surface area contributed by atoms with Crippen LogP contribution >= 0.6 is 11.3 Å². The molecule has 0 saturated heterocycles. The average molecular weight is 347 g/mol. The van der Waals surface area contributed by atoms with E-state index in [4.69, 9.17) is 9.72 Å². The fourth-order valence-electron chi connectivity index (χ4n) is 2.27. The number of methoxy groups -OCH3 is 1. The van der Waals surface area contributed by atoms with Gasteiger partial charge in [-0.05, 0) is 5.56 Å². The number of amides is 1. The summed E-state index contributed by atoms with van der Waals surface area (Å²) in [5.41, 5.74) is 2.27. The highest BCUT2D eigenvalue weighted by molar-refractivity contribution is 7.09. The van der Waals surface area contributed by atoms with Gasteiger partial charge < -0.3 is 9.64 Å². The number of ether oxygens (including phenoxy) is 1. The fraction of sp³-hybridized carbons (Fsp3) is 0.444. The minimum Gasteiger partial charge on any atom is -0.383 e. The SMILES string of the molecule is COCCN(CC(=O)N(C)C)Cc1csc(Cc2ccccc2)n1. The fourth-order valence-corrected chi connectivity index (χ4v) is 3.09. The smallest absolute Gasteiger partial charge is 0.236 e. The van der Waals surface area contributed by atoms with E-state index in [1.165, 1.54) is 5.56 Å². The number of carbonyl (C=O) groups is 1. The van der Waals surface area contributed by atoms with Gasteiger partial charge in [-0.25, -0.2) is 4.98 Å². The highest BCUT2D eigenvalue weighted by Crippen LogP contribution is 2.16. The number of nitrogens with zero attached hydrogens (tertiary/aromatic N) is 3. The number of rotatable bonds is 9. The molecule has 0 saturated carbocycles. The highest BCUT2D eigenvalue weighted by Gasteiger charge is 2.14. The highest BCUT2D eigenvalue weighted by atomic mass is 32.1. The molecule has 2 aromatic rings. The summed E-state index contributed by atoms with van der Waals surface area (Å²) in [7, 11) is 5.22. The molecule has 1 amide bonds. The first-order valence-electron chi connectivity index (χ1n) is 7.97. The number of aromatic nitrogens is 1. The van der Waals surface area contributed by atoms with Crippen molar-refractivity contribution in [2.24, 2.45) is 0 Å². The zero-order valence-corrected chi connectivity index (χ0v) is 15.4. The Morgan fingerprint density at radius 2 is 2.00 bits per heavy atom. The summed E-state index contributed by atoms with van der Waals surface area (Å²) >= 11 is 1.67. The molecule has 0 fully saturated rings. The van der Waals surface area contributed by atoms with Crippen molar-refractivity contribution in [2.45, 2.75) is 13.0 Å². The lowest BCUT2D eigenvalue weighted by molar-refractivity contribution is -0.130. The average Bonchev–Trinajstić information content (AvgIpc) is 3.00. The third-order valence-electron chi connectivity index (χ3n) is 3.65. The summed E-state index contributed by atoms with van der Waals surface area (Å²) in [4.78, 5) is 20.4. The minimum atomic E-state index is 0.0887. The van der Waals surface area contributed by atoms with Crippen LogP contribution in [0.25, 0.3) is 0 Å². The van der Waals surface area contributed by atoms with Crippen LogP contribution in [0.4, 0.5) is 0 Å². The Balaban J connectivity index is 1.97.